The number of piperidine rings is 1. The monoisotopic (exact) mass is 463 g/mol. The molecular weight excluding hydrogens is 437 g/mol. The summed E-state index contributed by atoms with van der Waals surface area (Å²) in [7, 11) is -3.62. The second kappa shape index (κ2) is 9.66. The molecule has 1 aliphatic rings. The van der Waals surface area contributed by atoms with Crippen LogP contribution in [0.4, 0.5) is 15.8 Å². The summed E-state index contributed by atoms with van der Waals surface area (Å²) in [4.78, 5) is 24.2. The molecule has 1 aliphatic heterocycles. The standard InChI is InChI=1S/C22H26FN3O5S/c1-14-9-15(2)12-26(11-14)32(29,30)18-6-4-17(5-7-18)25-21(27)13-31-22(28)19-8-3-16(23)10-20(19)24/h3-8,10,14-15H,9,11-13,24H2,1-2H3,(H,25,27)/t14-,15+. The number of carbonyl (C=O) groups is 2. The van der Waals surface area contributed by atoms with E-state index in [9.17, 15) is 22.4 Å². The molecule has 8 nitrogen and oxygen atoms in total. The van der Waals surface area contributed by atoms with Crippen molar-refractivity contribution < 1.29 is 27.1 Å². The van der Waals surface area contributed by atoms with Crippen molar-refractivity contribution in [3.05, 3.63) is 53.8 Å². The first-order chi connectivity index (χ1) is 15.1. The van der Waals surface area contributed by atoms with E-state index in [0.717, 1.165) is 18.6 Å². The minimum absolute atomic E-state index is 0.0462. The van der Waals surface area contributed by atoms with Crippen molar-refractivity contribution in [3.63, 3.8) is 0 Å². The first kappa shape index (κ1) is 23.7. The van der Waals surface area contributed by atoms with Gasteiger partial charge in [0.2, 0.25) is 10.0 Å². The van der Waals surface area contributed by atoms with Gasteiger partial charge in [-0.05, 0) is 60.7 Å². The fraction of sp³-hybridized carbons (Fsp3) is 0.364. The van der Waals surface area contributed by atoms with E-state index in [-0.39, 0.29) is 16.1 Å². The lowest BCUT2D eigenvalue weighted by Crippen LogP contribution is -2.42. The van der Waals surface area contributed by atoms with Crippen LogP contribution in [0.2, 0.25) is 0 Å². The normalized spacial score (nSPS) is 19.3. The van der Waals surface area contributed by atoms with E-state index in [0.29, 0.717) is 30.6 Å². The summed E-state index contributed by atoms with van der Waals surface area (Å²) < 4.78 is 45.3. The number of nitrogens with two attached hydrogens (primary N) is 1. The molecule has 1 saturated heterocycles. The summed E-state index contributed by atoms with van der Waals surface area (Å²) >= 11 is 0. The van der Waals surface area contributed by atoms with Gasteiger partial charge in [0.15, 0.2) is 6.61 Å². The van der Waals surface area contributed by atoms with Gasteiger partial charge < -0.3 is 15.8 Å². The van der Waals surface area contributed by atoms with E-state index in [4.69, 9.17) is 10.5 Å². The number of amides is 1. The number of nitrogens with zero attached hydrogens (tertiary/aromatic N) is 1. The predicted octanol–water partition coefficient (Wildman–Crippen LogP) is 2.87. The van der Waals surface area contributed by atoms with Crippen molar-refractivity contribution >= 4 is 33.3 Å². The maximum atomic E-state index is 13.1. The van der Waals surface area contributed by atoms with Crippen LogP contribution < -0.4 is 11.1 Å². The SMILES string of the molecule is C[C@@H]1C[C@H](C)CN(S(=O)(=O)c2ccc(NC(=O)COC(=O)c3ccc(F)cc3N)cc2)C1. The van der Waals surface area contributed by atoms with Crippen LogP contribution in [-0.4, -0.2) is 44.3 Å². The first-order valence-electron chi connectivity index (χ1n) is 10.2. The van der Waals surface area contributed by atoms with Crippen molar-refractivity contribution in [1.82, 2.24) is 4.31 Å². The van der Waals surface area contributed by atoms with Gasteiger partial charge in [0, 0.05) is 24.5 Å². The Morgan fingerprint density at radius 2 is 1.75 bits per heavy atom. The summed E-state index contributed by atoms with van der Waals surface area (Å²) in [6.07, 6.45) is 0.995. The van der Waals surface area contributed by atoms with Gasteiger partial charge >= 0.3 is 5.97 Å². The molecule has 0 bridgehead atoms. The number of carbonyl (C=O) groups excluding carboxylic acids is 2. The van der Waals surface area contributed by atoms with Crippen LogP contribution in [0.3, 0.4) is 0 Å². The molecule has 32 heavy (non-hydrogen) atoms. The second-order valence-corrected chi connectivity index (χ2v) is 10.1. The second-order valence-electron chi connectivity index (χ2n) is 8.15. The number of halogens is 1. The first-order valence-corrected chi connectivity index (χ1v) is 11.6. The number of sulfonamides is 1. The average Bonchev–Trinajstić information content (AvgIpc) is 2.72. The van der Waals surface area contributed by atoms with Gasteiger partial charge in [-0.15, -0.1) is 0 Å². The lowest BCUT2D eigenvalue weighted by molar-refractivity contribution is -0.119. The Labute approximate surface area is 186 Å². The Balaban J connectivity index is 1.58. The molecule has 2 atom stereocenters. The van der Waals surface area contributed by atoms with Gasteiger partial charge in [0.1, 0.15) is 5.82 Å². The third kappa shape index (κ3) is 5.63. The largest absolute Gasteiger partial charge is 0.452 e. The number of anilines is 2. The van der Waals surface area contributed by atoms with Crippen molar-refractivity contribution in [2.24, 2.45) is 11.8 Å². The smallest absolute Gasteiger partial charge is 0.340 e. The molecule has 0 unspecified atom stereocenters. The van der Waals surface area contributed by atoms with E-state index in [2.05, 4.69) is 5.32 Å². The highest BCUT2D eigenvalue weighted by Gasteiger charge is 2.31. The van der Waals surface area contributed by atoms with Crippen LogP contribution in [0.15, 0.2) is 47.4 Å². The quantitative estimate of drug-likeness (QED) is 0.502. The zero-order chi connectivity index (χ0) is 23.5. The van der Waals surface area contributed by atoms with Crippen molar-refractivity contribution in [1.29, 1.82) is 0 Å². The predicted molar refractivity (Wildman–Crippen MR) is 118 cm³/mol. The number of esters is 1. The molecule has 0 radical (unpaired) electrons. The third-order valence-corrected chi connectivity index (χ3v) is 7.02. The molecule has 172 valence electrons. The zero-order valence-corrected chi connectivity index (χ0v) is 18.7. The highest BCUT2D eigenvalue weighted by molar-refractivity contribution is 7.89. The molecule has 1 heterocycles. The molecule has 10 heteroatoms. The minimum Gasteiger partial charge on any atom is -0.452 e. The number of nitrogens with one attached hydrogen (secondary N) is 1. The molecule has 0 saturated carbocycles. The molecular formula is C22H26FN3O5S. The number of hydrogen-bond donors (Lipinski definition) is 2. The zero-order valence-electron chi connectivity index (χ0n) is 17.9. The van der Waals surface area contributed by atoms with Crippen molar-refractivity contribution in [3.8, 4) is 0 Å². The van der Waals surface area contributed by atoms with Crippen LogP contribution in [0.1, 0.15) is 30.6 Å². The fourth-order valence-electron chi connectivity index (χ4n) is 3.79. The molecule has 2 aromatic rings. The van der Waals surface area contributed by atoms with Gasteiger partial charge in [0.25, 0.3) is 5.91 Å². The Kier molecular flexibility index (Phi) is 7.15. The highest BCUT2D eigenvalue weighted by atomic mass is 32.2. The van der Waals surface area contributed by atoms with Crippen LogP contribution in [0.5, 0.6) is 0 Å². The maximum absolute atomic E-state index is 13.1. The molecule has 0 aliphatic carbocycles. The van der Waals surface area contributed by atoms with E-state index in [1.54, 1.807) is 0 Å². The van der Waals surface area contributed by atoms with E-state index in [1.807, 2.05) is 13.8 Å². The number of rotatable bonds is 6. The summed E-state index contributed by atoms with van der Waals surface area (Å²) in [5.41, 5.74) is 5.79. The van der Waals surface area contributed by atoms with E-state index in [1.165, 1.54) is 34.6 Å². The van der Waals surface area contributed by atoms with Gasteiger partial charge in [-0.3, -0.25) is 4.79 Å². The van der Waals surface area contributed by atoms with Gasteiger partial charge in [-0.1, -0.05) is 13.8 Å². The fourth-order valence-corrected chi connectivity index (χ4v) is 5.47. The van der Waals surface area contributed by atoms with Crippen LogP contribution >= 0.6 is 0 Å². The third-order valence-electron chi connectivity index (χ3n) is 5.18. The highest BCUT2D eigenvalue weighted by Crippen LogP contribution is 2.27. The number of nitrogen functional groups attached to an aromatic ring is 1. The van der Waals surface area contributed by atoms with Gasteiger partial charge in [-0.2, -0.15) is 4.31 Å². The topological polar surface area (TPSA) is 119 Å². The average molecular weight is 464 g/mol. The van der Waals surface area contributed by atoms with Gasteiger partial charge in [0.05, 0.1) is 10.5 Å². The maximum Gasteiger partial charge on any atom is 0.340 e. The number of hydrogen-bond acceptors (Lipinski definition) is 6. The van der Waals surface area contributed by atoms with E-state index < -0.39 is 34.3 Å². The molecule has 3 N–H and O–H groups in total. The summed E-state index contributed by atoms with van der Waals surface area (Å²) in [6.45, 7) is 4.45. The Morgan fingerprint density at radius 3 is 2.34 bits per heavy atom. The van der Waals surface area contributed by atoms with Gasteiger partial charge in [-0.25, -0.2) is 17.6 Å². The molecule has 3 rings (SSSR count). The minimum atomic E-state index is -3.62. The molecule has 1 amide bonds. The van der Waals surface area contributed by atoms with Crippen molar-refractivity contribution in [2.75, 3.05) is 30.7 Å². The number of benzene rings is 2. The van der Waals surface area contributed by atoms with E-state index >= 15 is 0 Å². The Morgan fingerprint density at radius 1 is 1.12 bits per heavy atom. The Hall–Kier alpha value is -2.98. The lowest BCUT2D eigenvalue weighted by atomic mass is 9.94. The summed E-state index contributed by atoms with van der Waals surface area (Å²) in [5.74, 6) is -1.48. The van der Waals surface area contributed by atoms with Crippen LogP contribution in [0.25, 0.3) is 0 Å². The molecule has 0 spiro atoms. The summed E-state index contributed by atoms with van der Waals surface area (Å²) in [6, 6.07) is 9.03. The Bertz CT molecular complexity index is 1100. The van der Waals surface area contributed by atoms with Crippen molar-refractivity contribution in [2.45, 2.75) is 25.2 Å². The van der Waals surface area contributed by atoms with Crippen LogP contribution in [-0.2, 0) is 19.6 Å². The molecule has 0 aromatic heterocycles. The molecule has 2 aromatic carbocycles. The molecule has 1 fully saturated rings. The number of ether oxygens (including phenoxy) is 1. The lowest BCUT2D eigenvalue weighted by Gasteiger charge is -2.34. The van der Waals surface area contributed by atoms with Crippen LogP contribution in [0, 0.1) is 17.7 Å². The summed E-state index contributed by atoms with van der Waals surface area (Å²) in [5, 5.41) is 2.53.